The first-order chi connectivity index (χ1) is 9.85. The van der Waals surface area contributed by atoms with Crippen LogP contribution < -0.4 is 5.73 Å². The van der Waals surface area contributed by atoms with Crippen molar-refractivity contribution in [3.63, 3.8) is 0 Å². The van der Waals surface area contributed by atoms with E-state index in [0.717, 1.165) is 51.6 Å². The summed E-state index contributed by atoms with van der Waals surface area (Å²) in [6, 6.07) is -0.373. The fraction of sp³-hybridized carbons (Fsp3) is 0.933. The fourth-order valence-electron chi connectivity index (χ4n) is 2.79. The first-order valence-corrected chi connectivity index (χ1v) is 9.05. The number of thioether (sulfide) groups is 1. The molecule has 1 aliphatic rings. The average Bonchev–Trinajstić information content (AvgIpc) is 2.43. The first-order valence-electron chi connectivity index (χ1n) is 7.65. The molecule has 0 radical (unpaired) electrons. The molecule has 5 nitrogen and oxygen atoms in total. The molecule has 6 heteroatoms. The number of carbonyl (C=O) groups excluding carboxylic acids is 1. The van der Waals surface area contributed by atoms with Gasteiger partial charge in [0.1, 0.15) is 0 Å². The molecule has 124 valence electrons. The highest BCUT2D eigenvalue weighted by Crippen LogP contribution is 2.19. The molecule has 1 heterocycles. The van der Waals surface area contributed by atoms with Crippen molar-refractivity contribution in [3.8, 4) is 0 Å². The zero-order valence-electron chi connectivity index (χ0n) is 13.9. The van der Waals surface area contributed by atoms with Gasteiger partial charge in [-0.3, -0.25) is 9.69 Å². The molecule has 0 bridgehead atoms. The van der Waals surface area contributed by atoms with Crippen molar-refractivity contribution in [2.24, 2.45) is 11.1 Å². The Morgan fingerprint density at radius 2 is 2.05 bits per heavy atom. The second kappa shape index (κ2) is 8.98. The van der Waals surface area contributed by atoms with Crippen molar-refractivity contribution in [2.45, 2.75) is 26.3 Å². The van der Waals surface area contributed by atoms with Crippen LogP contribution in [0.2, 0.25) is 0 Å². The number of hydrogen-bond acceptors (Lipinski definition) is 5. The van der Waals surface area contributed by atoms with Gasteiger partial charge in [0.05, 0.1) is 19.3 Å². The van der Waals surface area contributed by atoms with Crippen LogP contribution in [0.1, 0.15) is 20.3 Å². The van der Waals surface area contributed by atoms with E-state index >= 15 is 0 Å². The lowest BCUT2D eigenvalue weighted by Gasteiger charge is -2.37. The standard InChI is InChI=1S/C15H31N3O2S/c1-15(2,12-18-6-8-20-9-7-18)11-17(3)14(19)13(16)5-10-21-4/h13H,5-12,16H2,1-4H3. The Kier molecular flexibility index (Phi) is 8.02. The van der Waals surface area contributed by atoms with Gasteiger partial charge < -0.3 is 15.4 Å². The normalized spacial score (nSPS) is 18.5. The lowest BCUT2D eigenvalue weighted by atomic mass is 9.91. The van der Waals surface area contributed by atoms with Crippen LogP contribution in [0.25, 0.3) is 0 Å². The van der Waals surface area contributed by atoms with Crippen LogP contribution in [0.4, 0.5) is 0 Å². The first kappa shape index (κ1) is 18.7. The average molecular weight is 317 g/mol. The van der Waals surface area contributed by atoms with E-state index in [-0.39, 0.29) is 17.4 Å². The molecule has 1 atom stereocenters. The molecule has 1 fully saturated rings. The van der Waals surface area contributed by atoms with Crippen LogP contribution in [0.3, 0.4) is 0 Å². The fourth-order valence-corrected chi connectivity index (χ4v) is 3.28. The maximum atomic E-state index is 12.3. The topological polar surface area (TPSA) is 58.8 Å². The predicted octanol–water partition coefficient (Wildman–Crippen LogP) is 0.884. The van der Waals surface area contributed by atoms with Crippen LogP contribution >= 0.6 is 11.8 Å². The smallest absolute Gasteiger partial charge is 0.239 e. The Balaban J connectivity index is 2.42. The summed E-state index contributed by atoms with van der Waals surface area (Å²) in [5.41, 5.74) is 6.03. The van der Waals surface area contributed by atoms with E-state index in [9.17, 15) is 4.79 Å². The minimum atomic E-state index is -0.373. The van der Waals surface area contributed by atoms with Crippen LogP contribution in [0, 0.1) is 5.41 Å². The summed E-state index contributed by atoms with van der Waals surface area (Å²) < 4.78 is 5.38. The van der Waals surface area contributed by atoms with Gasteiger partial charge in [-0.15, -0.1) is 0 Å². The molecule has 21 heavy (non-hydrogen) atoms. The number of nitrogens with two attached hydrogens (primary N) is 1. The van der Waals surface area contributed by atoms with Gasteiger partial charge in [0.2, 0.25) is 5.91 Å². The molecule has 1 saturated heterocycles. The number of nitrogens with zero attached hydrogens (tertiary/aromatic N) is 2. The van der Waals surface area contributed by atoms with Crippen LogP contribution in [0.5, 0.6) is 0 Å². The van der Waals surface area contributed by atoms with E-state index in [1.807, 2.05) is 13.3 Å². The minimum Gasteiger partial charge on any atom is -0.379 e. The van der Waals surface area contributed by atoms with Gasteiger partial charge in [-0.05, 0) is 23.8 Å². The van der Waals surface area contributed by atoms with E-state index < -0.39 is 0 Å². The third kappa shape index (κ3) is 7.00. The summed E-state index contributed by atoms with van der Waals surface area (Å²) >= 11 is 1.73. The summed E-state index contributed by atoms with van der Waals surface area (Å²) in [6.45, 7) is 9.71. The number of carbonyl (C=O) groups is 1. The second-order valence-corrected chi connectivity index (χ2v) is 7.62. The zero-order valence-corrected chi connectivity index (χ0v) is 14.7. The Hall–Kier alpha value is -0.300. The van der Waals surface area contributed by atoms with E-state index in [1.54, 1.807) is 16.7 Å². The predicted molar refractivity (Wildman–Crippen MR) is 89.7 cm³/mol. The zero-order chi connectivity index (χ0) is 15.9. The van der Waals surface area contributed by atoms with E-state index in [0.29, 0.717) is 0 Å². The molecule has 2 N–H and O–H groups in total. The lowest BCUT2D eigenvalue weighted by molar-refractivity contribution is -0.132. The minimum absolute atomic E-state index is 0.0547. The van der Waals surface area contributed by atoms with Gasteiger partial charge in [0, 0.05) is 33.2 Å². The third-order valence-electron chi connectivity index (χ3n) is 3.75. The van der Waals surface area contributed by atoms with Crippen molar-refractivity contribution in [1.82, 2.24) is 9.80 Å². The molecule has 0 aromatic rings. The maximum absolute atomic E-state index is 12.3. The summed E-state index contributed by atoms with van der Waals surface area (Å²) in [4.78, 5) is 16.5. The van der Waals surface area contributed by atoms with E-state index in [4.69, 9.17) is 10.5 Å². The molecule has 1 unspecified atom stereocenters. The maximum Gasteiger partial charge on any atom is 0.239 e. The summed E-state index contributed by atoms with van der Waals surface area (Å²) in [7, 11) is 1.86. The van der Waals surface area contributed by atoms with Gasteiger partial charge >= 0.3 is 0 Å². The molecule has 0 spiro atoms. The molecule has 0 aliphatic carbocycles. The van der Waals surface area contributed by atoms with Gasteiger partial charge in [-0.25, -0.2) is 0 Å². The Morgan fingerprint density at radius 1 is 1.43 bits per heavy atom. The number of amides is 1. The summed E-state index contributed by atoms with van der Waals surface area (Å²) in [5.74, 6) is 0.983. The largest absolute Gasteiger partial charge is 0.379 e. The van der Waals surface area contributed by atoms with Crippen molar-refractivity contribution in [1.29, 1.82) is 0 Å². The SMILES string of the molecule is CSCCC(N)C(=O)N(C)CC(C)(C)CN1CCOCC1. The van der Waals surface area contributed by atoms with E-state index in [1.165, 1.54) is 0 Å². The number of likely N-dealkylation sites (N-methyl/N-ethyl adjacent to an activating group) is 1. The van der Waals surface area contributed by atoms with Gasteiger partial charge in [-0.1, -0.05) is 13.8 Å². The number of hydrogen-bond donors (Lipinski definition) is 1. The molecule has 0 saturated carbocycles. The number of morpholine rings is 1. The van der Waals surface area contributed by atoms with Crippen LogP contribution in [-0.2, 0) is 9.53 Å². The van der Waals surface area contributed by atoms with Gasteiger partial charge in [-0.2, -0.15) is 11.8 Å². The molecule has 0 aromatic carbocycles. The Morgan fingerprint density at radius 3 is 2.62 bits per heavy atom. The molecule has 1 rings (SSSR count). The van der Waals surface area contributed by atoms with Crippen LogP contribution in [-0.4, -0.2) is 80.2 Å². The molecular formula is C15H31N3O2S. The third-order valence-corrected chi connectivity index (χ3v) is 4.39. The quantitative estimate of drug-likeness (QED) is 0.720. The molecular weight excluding hydrogens is 286 g/mol. The van der Waals surface area contributed by atoms with Crippen molar-refractivity contribution in [3.05, 3.63) is 0 Å². The number of rotatable bonds is 8. The second-order valence-electron chi connectivity index (χ2n) is 6.64. The van der Waals surface area contributed by atoms with Gasteiger partial charge in [0.25, 0.3) is 0 Å². The molecule has 1 aliphatic heterocycles. The van der Waals surface area contributed by atoms with Crippen molar-refractivity contribution >= 4 is 17.7 Å². The van der Waals surface area contributed by atoms with Crippen LogP contribution in [0.15, 0.2) is 0 Å². The van der Waals surface area contributed by atoms with Gasteiger partial charge in [0.15, 0.2) is 0 Å². The highest BCUT2D eigenvalue weighted by atomic mass is 32.2. The molecule has 0 aromatic heterocycles. The van der Waals surface area contributed by atoms with Crippen molar-refractivity contribution in [2.75, 3.05) is 58.4 Å². The lowest BCUT2D eigenvalue weighted by Crippen LogP contribution is -2.49. The highest BCUT2D eigenvalue weighted by Gasteiger charge is 2.28. The Bertz CT molecular complexity index is 320. The highest BCUT2D eigenvalue weighted by molar-refractivity contribution is 7.98. The van der Waals surface area contributed by atoms with Crippen molar-refractivity contribution < 1.29 is 9.53 Å². The van der Waals surface area contributed by atoms with E-state index in [2.05, 4.69) is 18.7 Å². The number of ether oxygens (including phenoxy) is 1. The monoisotopic (exact) mass is 317 g/mol. The Labute approximate surface area is 133 Å². The summed E-state index contributed by atoms with van der Waals surface area (Å²) in [5, 5.41) is 0. The molecule has 1 amide bonds. The summed E-state index contributed by atoms with van der Waals surface area (Å²) in [6.07, 6.45) is 2.78.